The number of rotatable bonds is 7. The third-order valence-electron chi connectivity index (χ3n) is 5.65. The van der Waals surface area contributed by atoms with Gasteiger partial charge in [-0.25, -0.2) is 8.78 Å². The van der Waals surface area contributed by atoms with Gasteiger partial charge >= 0.3 is 0 Å². The van der Waals surface area contributed by atoms with E-state index in [2.05, 4.69) is 15.6 Å². The molecule has 1 aromatic rings. The summed E-state index contributed by atoms with van der Waals surface area (Å²) >= 11 is 0. The van der Waals surface area contributed by atoms with Crippen LogP contribution >= 0.6 is 24.0 Å². The monoisotopic (exact) mass is 549 g/mol. The van der Waals surface area contributed by atoms with Gasteiger partial charge in [-0.05, 0) is 44.7 Å². The molecule has 31 heavy (non-hydrogen) atoms. The van der Waals surface area contributed by atoms with Crippen molar-refractivity contribution in [1.29, 1.82) is 0 Å². The van der Waals surface area contributed by atoms with Gasteiger partial charge in [0.25, 0.3) is 0 Å². The van der Waals surface area contributed by atoms with E-state index >= 15 is 0 Å². The normalized spacial score (nSPS) is 19.8. The van der Waals surface area contributed by atoms with Crippen LogP contribution < -0.4 is 15.5 Å². The fourth-order valence-electron chi connectivity index (χ4n) is 4.08. The van der Waals surface area contributed by atoms with Crippen LogP contribution in [0.2, 0.25) is 0 Å². The van der Waals surface area contributed by atoms with E-state index in [0.29, 0.717) is 31.7 Å². The van der Waals surface area contributed by atoms with Crippen molar-refractivity contribution in [2.24, 2.45) is 4.99 Å². The van der Waals surface area contributed by atoms with Crippen LogP contribution in [0.5, 0.6) is 0 Å². The van der Waals surface area contributed by atoms with Gasteiger partial charge in [-0.3, -0.25) is 9.79 Å². The van der Waals surface area contributed by atoms with Gasteiger partial charge in [-0.2, -0.15) is 0 Å². The summed E-state index contributed by atoms with van der Waals surface area (Å²) < 4.78 is 27.2. The second-order valence-corrected chi connectivity index (χ2v) is 7.98. The second-order valence-electron chi connectivity index (χ2n) is 7.98. The SMILES string of the molecule is CCNC(=NCCCN1CCCCCC1=O)NC1CCN(c2ccc(F)cc2F)C1.I. The Labute approximate surface area is 200 Å². The molecule has 2 heterocycles. The lowest BCUT2D eigenvalue weighted by atomic mass is 10.2. The van der Waals surface area contributed by atoms with Crippen LogP contribution in [0, 0.1) is 11.6 Å². The van der Waals surface area contributed by atoms with Crippen LogP contribution in [0.1, 0.15) is 45.4 Å². The zero-order valence-electron chi connectivity index (χ0n) is 18.2. The molecule has 2 fully saturated rings. The van der Waals surface area contributed by atoms with Gasteiger partial charge in [0.2, 0.25) is 5.91 Å². The van der Waals surface area contributed by atoms with Crippen LogP contribution in [-0.4, -0.2) is 62.1 Å². The number of nitrogens with zero attached hydrogens (tertiary/aromatic N) is 3. The number of guanidine groups is 1. The van der Waals surface area contributed by atoms with Crippen molar-refractivity contribution in [3.8, 4) is 0 Å². The van der Waals surface area contributed by atoms with Gasteiger partial charge in [-0.1, -0.05) is 6.42 Å². The minimum absolute atomic E-state index is 0. The zero-order chi connectivity index (χ0) is 21.3. The molecule has 1 atom stereocenters. The number of aliphatic imine (C=N–C) groups is 1. The van der Waals surface area contributed by atoms with E-state index in [1.54, 1.807) is 0 Å². The van der Waals surface area contributed by atoms with Crippen LogP contribution in [-0.2, 0) is 4.79 Å². The van der Waals surface area contributed by atoms with E-state index in [4.69, 9.17) is 0 Å². The molecule has 2 N–H and O–H groups in total. The fraction of sp³-hybridized carbons (Fsp3) is 0.636. The van der Waals surface area contributed by atoms with Crippen molar-refractivity contribution in [3.63, 3.8) is 0 Å². The van der Waals surface area contributed by atoms with Crippen LogP contribution in [0.15, 0.2) is 23.2 Å². The van der Waals surface area contributed by atoms with E-state index in [0.717, 1.165) is 63.8 Å². The van der Waals surface area contributed by atoms with Gasteiger partial charge in [0.05, 0.1) is 5.69 Å². The molecule has 1 amide bonds. The molecule has 0 spiro atoms. The van der Waals surface area contributed by atoms with Gasteiger partial charge in [0.1, 0.15) is 11.6 Å². The summed E-state index contributed by atoms with van der Waals surface area (Å²) in [4.78, 5) is 20.6. The number of carbonyl (C=O) groups is 1. The molecule has 9 heteroatoms. The van der Waals surface area contributed by atoms with Crippen molar-refractivity contribution in [2.45, 2.75) is 51.5 Å². The number of hydrogen-bond acceptors (Lipinski definition) is 3. The molecule has 3 rings (SSSR count). The summed E-state index contributed by atoms with van der Waals surface area (Å²) in [6, 6.07) is 3.85. The molecule has 2 aliphatic heterocycles. The average Bonchev–Trinajstić information content (AvgIpc) is 3.07. The first-order valence-electron chi connectivity index (χ1n) is 11.1. The average molecular weight is 549 g/mol. The molecule has 1 unspecified atom stereocenters. The van der Waals surface area contributed by atoms with Gasteiger partial charge in [-0.15, -0.1) is 24.0 Å². The lowest BCUT2D eigenvalue weighted by molar-refractivity contribution is -0.130. The van der Waals surface area contributed by atoms with E-state index < -0.39 is 11.6 Å². The Morgan fingerprint density at radius 3 is 2.84 bits per heavy atom. The summed E-state index contributed by atoms with van der Waals surface area (Å²) in [5, 5.41) is 6.68. The van der Waals surface area contributed by atoms with Crippen molar-refractivity contribution in [1.82, 2.24) is 15.5 Å². The summed E-state index contributed by atoms with van der Waals surface area (Å²) in [5.74, 6) is -0.0837. The Morgan fingerprint density at radius 2 is 2.06 bits per heavy atom. The minimum atomic E-state index is -0.562. The van der Waals surface area contributed by atoms with E-state index in [-0.39, 0.29) is 35.9 Å². The van der Waals surface area contributed by atoms with Crippen LogP contribution in [0.4, 0.5) is 14.5 Å². The number of likely N-dealkylation sites (tertiary alicyclic amines) is 1. The highest BCUT2D eigenvalue weighted by Crippen LogP contribution is 2.24. The zero-order valence-corrected chi connectivity index (χ0v) is 20.5. The lowest BCUT2D eigenvalue weighted by Gasteiger charge is -2.21. The topological polar surface area (TPSA) is 60.0 Å². The number of benzene rings is 1. The van der Waals surface area contributed by atoms with Gasteiger partial charge in [0.15, 0.2) is 5.96 Å². The molecule has 6 nitrogen and oxygen atoms in total. The van der Waals surface area contributed by atoms with Crippen molar-refractivity contribution >= 4 is 41.5 Å². The Bertz CT molecular complexity index is 749. The molecule has 1 aromatic carbocycles. The quantitative estimate of drug-likeness (QED) is 0.237. The maximum Gasteiger partial charge on any atom is 0.222 e. The number of nitrogens with one attached hydrogen (secondary N) is 2. The number of amides is 1. The maximum absolute atomic E-state index is 14.1. The van der Waals surface area contributed by atoms with E-state index in [9.17, 15) is 13.6 Å². The first-order valence-corrected chi connectivity index (χ1v) is 11.1. The van der Waals surface area contributed by atoms with Crippen molar-refractivity contribution in [2.75, 3.05) is 44.2 Å². The Hall–Kier alpha value is -1.65. The van der Waals surface area contributed by atoms with Crippen molar-refractivity contribution in [3.05, 3.63) is 29.8 Å². The first kappa shape index (κ1) is 25.6. The summed E-state index contributed by atoms with van der Waals surface area (Å²) in [5.41, 5.74) is 0.435. The number of halogens is 3. The van der Waals surface area contributed by atoms with E-state index in [1.807, 2.05) is 16.7 Å². The third-order valence-corrected chi connectivity index (χ3v) is 5.65. The van der Waals surface area contributed by atoms with E-state index in [1.165, 1.54) is 12.1 Å². The lowest BCUT2D eigenvalue weighted by Crippen LogP contribution is -2.44. The largest absolute Gasteiger partial charge is 0.367 e. The molecule has 2 aliphatic rings. The fourth-order valence-corrected chi connectivity index (χ4v) is 4.08. The predicted molar refractivity (Wildman–Crippen MR) is 131 cm³/mol. The molecule has 0 radical (unpaired) electrons. The molecule has 2 saturated heterocycles. The number of anilines is 1. The predicted octanol–water partition coefficient (Wildman–Crippen LogP) is 3.51. The van der Waals surface area contributed by atoms with Crippen LogP contribution in [0.3, 0.4) is 0 Å². The second kappa shape index (κ2) is 13.0. The Kier molecular flexibility index (Phi) is 10.8. The summed E-state index contributed by atoms with van der Waals surface area (Å²) in [6.45, 7) is 6.36. The molecule has 0 aliphatic carbocycles. The molecular weight excluding hydrogens is 515 g/mol. The molecule has 0 aromatic heterocycles. The highest BCUT2D eigenvalue weighted by Gasteiger charge is 2.25. The summed E-state index contributed by atoms with van der Waals surface area (Å²) in [7, 11) is 0. The molecule has 0 saturated carbocycles. The standard InChI is InChI=1S/C22H33F2N5O.HI/c1-2-25-22(26-11-6-13-28-12-5-3-4-7-21(28)30)27-18-10-14-29(16-18)20-9-8-17(23)15-19(20)24;/h8-9,15,18H,2-7,10-14,16H2,1H3,(H2,25,26,27);1H. The van der Waals surface area contributed by atoms with Gasteiger partial charge in [0, 0.05) is 57.8 Å². The number of hydrogen-bond donors (Lipinski definition) is 2. The Morgan fingerprint density at radius 1 is 1.23 bits per heavy atom. The summed E-state index contributed by atoms with van der Waals surface area (Å²) in [6.07, 6.45) is 5.58. The molecule has 174 valence electrons. The van der Waals surface area contributed by atoms with Gasteiger partial charge < -0.3 is 20.4 Å². The first-order chi connectivity index (χ1) is 14.6. The third kappa shape index (κ3) is 7.76. The van der Waals surface area contributed by atoms with Crippen LogP contribution in [0.25, 0.3) is 0 Å². The highest BCUT2D eigenvalue weighted by atomic mass is 127. The minimum Gasteiger partial charge on any atom is -0.367 e. The highest BCUT2D eigenvalue weighted by molar-refractivity contribution is 14.0. The Balaban J connectivity index is 0.00000341. The molecular formula is C22H34F2IN5O. The number of carbonyl (C=O) groups excluding carboxylic acids is 1. The smallest absolute Gasteiger partial charge is 0.222 e. The molecule has 0 bridgehead atoms. The van der Waals surface area contributed by atoms with Crippen molar-refractivity contribution < 1.29 is 13.6 Å². The maximum atomic E-state index is 14.1.